The van der Waals surface area contributed by atoms with Gasteiger partial charge in [0.1, 0.15) is 0 Å². The van der Waals surface area contributed by atoms with Crippen molar-refractivity contribution in [3.05, 3.63) is 46.2 Å². The minimum atomic E-state index is 0.261. The van der Waals surface area contributed by atoms with Gasteiger partial charge in [0.25, 0.3) is 0 Å². The van der Waals surface area contributed by atoms with E-state index in [0.29, 0.717) is 25.0 Å². The maximum absolute atomic E-state index is 12.5. The van der Waals surface area contributed by atoms with Crippen LogP contribution >= 0.6 is 11.3 Å². The molecule has 2 aliphatic heterocycles. The molecule has 0 aliphatic carbocycles. The van der Waals surface area contributed by atoms with Crippen molar-refractivity contribution in [1.29, 1.82) is 0 Å². The molecule has 2 saturated heterocycles. The number of fused-ring (bicyclic) bond motifs is 1. The summed E-state index contributed by atoms with van der Waals surface area (Å²) in [6, 6.07) is 6.66. The molecule has 6 heteroatoms. The molecule has 23 heavy (non-hydrogen) atoms. The Bertz CT molecular complexity index is 702. The largest absolute Gasteiger partial charge is 0.332 e. The minimum absolute atomic E-state index is 0.261. The number of carbonyl (C=O) groups excluding carboxylic acids is 1. The number of nitrogens with zero attached hydrogens (tertiary/aromatic N) is 4. The first-order valence-electron chi connectivity index (χ1n) is 8.05. The number of hydrogen-bond donors (Lipinski definition) is 0. The second-order valence-electron chi connectivity index (χ2n) is 6.30. The van der Waals surface area contributed by atoms with Gasteiger partial charge in [-0.1, -0.05) is 6.07 Å². The smallest absolute Gasteiger partial charge is 0.224 e. The van der Waals surface area contributed by atoms with E-state index in [1.165, 1.54) is 0 Å². The summed E-state index contributed by atoms with van der Waals surface area (Å²) in [4.78, 5) is 25.8. The van der Waals surface area contributed by atoms with Crippen LogP contribution in [0.3, 0.4) is 0 Å². The van der Waals surface area contributed by atoms with Crippen molar-refractivity contribution in [2.24, 2.45) is 0 Å². The number of pyridine rings is 1. The Morgan fingerprint density at radius 2 is 2.17 bits per heavy atom. The molecule has 0 bridgehead atoms. The number of aryl methyl sites for hydroxylation is 1. The Labute approximate surface area is 140 Å². The Morgan fingerprint density at radius 1 is 1.26 bits per heavy atom. The van der Waals surface area contributed by atoms with E-state index in [-0.39, 0.29) is 5.91 Å². The highest BCUT2D eigenvalue weighted by molar-refractivity contribution is 7.09. The van der Waals surface area contributed by atoms with Gasteiger partial charge in [0.15, 0.2) is 0 Å². The molecule has 2 fully saturated rings. The lowest BCUT2D eigenvalue weighted by molar-refractivity contribution is -0.129. The zero-order chi connectivity index (χ0) is 15.8. The van der Waals surface area contributed by atoms with Crippen LogP contribution in [0.1, 0.15) is 29.2 Å². The maximum Gasteiger partial charge on any atom is 0.224 e. The molecule has 2 aromatic rings. The number of rotatable bonds is 4. The molecule has 0 N–H and O–H groups in total. The van der Waals surface area contributed by atoms with Crippen molar-refractivity contribution >= 4 is 17.2 Å². The molecule has 0 saturated carbocycles. The molecule has 4 heterocycles. The van der Waals surface area contributed by atoms with E-state index in [9.17, 15) is 4.79 Å². The first-order valence-corrected chi connectivity index (χ1v) is 8.93. The van der Waals surface area contributed by atoms with Gasteiger partial charge in [-0.05, 0) is 25.5 Å². The number of aromatic nitrogens is 2. The second-order valence-corrected chi connectivity index (χ2v) is 7.36. The van der Waals surface area contributed by atoms with Gasteiger partial charge in [0, 0.05) is 43.2 Å². The van der Waals surface area contributed by atoms with Crippen LogP contribution in [0, 0.1) is 6.92 Å². The highest BCUT2D eigenvalue weighted by Crippen LogP contribution is 2.34. The lowest BCUT2D eigenvalue weighted by Crippen LogP contribution is -2.36. The average molecular weight is 328 g/mol. The van der Waals surface area contributed by atoms with Crippen molar-refractivity contribution in [2.75, 3.05) is 6.54 Å². The van der Waals surface area contributed by atoms with Crippen molar-refractivity contribution in [3.8, 4) is 0 Å². The van der Waals surface area contributed by atoms with E-state index >= 15 is 0 Å². The van der Waals surface area contributed by atoms with Crippen LogP contribution in [-0.2, 0) is 17.9 Å². The molecule has 5 nitrogen and oxygen atoms in total. The summed E-state index contributed by atoms with van der Waals surface area (Å²) in [6.45, 7) is 4.53. The molecule has 2 aliphatic rings. The van der Waals surface area contributed by atoms with E-state index in [1.807, 2.05) is 30.2 Å². The van der Waals surface area contributed by atoms with E-state index in [4.69, 9.17) is 0 Å². The monoisotopic (exact) mass is 328 g/mol. The third-order valence-electron chi connectivity index (χ3n) is 4.82. The summed E-state index contributed by atoms with van der Waals surface area (Å²) in [6.07, 6.45) is 3.51. The molecule has 2 aromatic heterocycles. The Balaban J connectivity index is 1.46. The first kappa shape index (κ1) is 14.8. The normalized spacial score (nSPS) is 24.4. The molecule has 1 amide bonds. The fourth-order valence-electron chi connectivity index (χ4n) is 3.77. The van der Waals surface area contributed by atoms with Crippen LogP contribution in [0.15, 0.2) is 29.8 Å². The zero-order valence-electron chi connectivity index (χ0n) is 13.2. The van der Waals surface area contributed by atoms with Gasteiger partial charge in [-0.3, -0.25) is 14.7 Å². The van der Waals surface area contributed by atoms with Crippen LogP contribution in [0.5, 0.6) is 0 Å². The maximum atomic E-state index is 12.5. The molecule has 120 valence electrons. The van der Waals surface area contributed by atoms with Gasteiger partial charge >= 0.3 is 0 Å². The molecule has 0 unspecified atom stereocenters. The van der Waals surface area contributed by atoms with Crippen LogP contribution < -0.4 is 0 Å². The van der Waals surface area contributed by atoms with Crippen LogP contribution in [-0.4, -0.2) is 44.3 Å². The van der Waals surface area contributed by atoms with Gasteiger partial charge in [-0.15, -0.1) is 11.3 Å². The van der Waals surface area contributed by atoms with Gasteiger partial charge in [-0.25, -0.2) is 4.98 Å². The summed E-state index contributed by atoms with van der Waals surface area (Å²) < 4.78 is 0. The topological polar surface area (TPSA) is 49.3 Å². The fraction of sp³-hybridized carbons (Fsp3) is 0.471. The third kappa shape index (κ3) is 2.88. The molecule has 2 atom stereocenters. The van der Waals surface area contributed by atoms with Crippen molar-refractivity contribution in [2.45, 2.75) is 44.9 Å². The summed E-state index contributed by atoms with van der Waals surface area (Å²) in [5.74, 6) is 0.261. The average Bonchev–Trinajstić information content (AvgIpc) is 3.21. The summed E-state index contributed by atoms with van der Waals surface area (Å²) in [5.41, 5.74) is 2.10. The summed E-state index contributed by atoms with van der Waals surface area (Å²) >= 11 is 1.65. The third-order valence-corrected chi connectivity index (χ3v) is 5.64. The highest BCUT2D eigenvalue weighted by atomic mass is 32.1. The zero-order valence-corrected chi connectivity index (χ0v) is 14.0. The molecular formula is C17H20N4OS. The predicted octanol–water partition coefficient (Wildman–Crippen LogP) is 2.22. The molecule has 0 aromatic carbocycles. The van der Waals surface area contributed by atoms with E-state index in [2.05, 4.69) is 26.3 Å². The van der Waals surface area contributed by atoms with Gasteiger partial charge in [0.05, 0.1) is 22.9 Å². The van der Waals surface area contributed by atoms with Crippen LogP contribution in [0.25, 0.3) is 0 Å². The van der Waals surface area contributed by atoms with E-state index in [1.54, 1.807) is 11.3 Å². The first-order chi connectivity index (χ1) is 11.2. The number of hydrogen-bond acceptors (Lipinski definition) is 5. The van der Waals surface area contributed by atoms with Crippen molar-refractivity contribution < 1.29 is 4.79 Å². The van der Waals surface area contributed by atoms with Crippen molar-refractivity contribution in [1.82, 2.24) is 19.8 Å². The molecule has 4 rings (SSSR count). The number of amides is 1. The van der Waals surface area contributed by atoms with Gasteiger partial charge < -0.3 is 4.90 Å². The van der Waals surface area contributed by atoms with Crippen molar-refractivity contribution in [3.63, 3.8) is 0 Å². The standard InChI is InChI=1S/C17H20N4OS/c1-12-19-14(11-23-12)10-21-15-5-7-20(16(15)8-17(21)22)9-13-4-2-3-6-18-13/h2-4,6,11,15-16H,5,7-10H2,1H3/t15-,16+/m0/s1. The predicted molar refractivity (Wildman–Crippen MR) is 88.9 cm³/mol. The Hall–Kier alpha value is -1.79. The fourth-order valence-corrected chi connectivity index (χ4v) is 4.37. The van der Waals surface area contributed by atoms with Crippen LogP contribution in [0.4, 0.5) is 0 Å². The highest BCUT2D eigenvalue weighted by Gasteiger charge is 2.46. The molecular weight excluding hydrogens is 308 g/mol. The van der Waals surface area contributed by atoms with E-state index in [0.717, 1.165) is 35.9 Å². The van der Waals surface area contributed by atoms with E-state index < -0.39 is 0 Å². The second kappa shape index (κ2) is 6.02. The van der Waals surface area contributed by atoms with Gasteiger partial charge in [0.2, 0.25) is 5.91 Å². The lowest BCUT2D eigenvalue weighted by Gasteiger charge is -2.24. The SMILES string of the molecule is Cc1nc(CN2C(=O)C[C@@H]3[C@@H]2CCN3Cc2ccccn2)cs1. The Kier molecular flexibility index (Phi) is 3.87. The summed E-state index contributed by atoms with van der Waals surface area (Å²) in [7, 11) is 0. The molecule has 0 radical (unpaired) electrons. The number of thiazole rings is 1. The minimum Gasteiger partial charge on any atom is -0.332 e. The molecule has 0 spiro atoms. The number of carbonyl (C=O) groups is 1. The quantitative estimate of drug-likeness (QED) is 0.863. The lowest BCUT2D eigenvalue weighted by atomic mass is 10.1. The Morgan fingerprint density at radius 3 is 2.91 bits per heavy atom. The van der Waals surface area contributed by atoms with Crippen LogP contribution in [0.2, 0.25) is 0 Å². The number of likely N-dealkylation sites (tertiary alicyclic amines) is 2. The summed E-state index contributed by atoms with van der Waals surface area (Å²) in [5, 5.41) is 3.13. The van der Waals surface area contributed by atoms with Gasteiger partial charge in [-0.2, -0.15) is 0 Å².